The van der Waals surface area contributed by atoms with Crippen LogP contribution < -0.4 is 0 Å². The summed E-state index contributed by atoms with van der Waals surface area (Å²) >= 11 is 0. The highest BCUT2D eigenvalue weighted by Crippen LogP contribution is 2.31. The molecule has 0 amide bonds. The number of rotatable bonds is 4. The van der Waals surface area contributed by atoms with Gasteiger partial charge in [-0.15, -0.1) is 0 Å². The Balaban J connectivity index is 2.76. The molecule has 5 nitrogen and oxygen atoms in total. The van der Waals surface area contributed by atoms with E-state index < -0.39 is 23.1 Å². The molecular formula is C9H16O5Si. The molecule has 2 atom stereocenters. The molecule has 1 rings (SSSR count). The minimum Gasteiger partial charge on any atom is -0.481 e. The Morgan fingerprint density at radius 1 is 1.40 bits per heavy atom. The van der Waals surface area contributed by atoms with E-state index in [1.807, 2.05) is 0 Å². The van der Waals surface area contributed by atoms with Crippen LogP contribution in [0.1, 0.15) is 25.7 Å². The Labute approximate surface area is 90.8 Å². The largest absolute Gasteiger partial charge is 0.481 e. The lowest BCUT2D eigenvalue weighted by Crippen LogP contribution is -2.48. The molecule has 1 aliphatic heterocycles. The molecule has 0 bridgehead atoms. The van der Waals surface area contributed by atoms with E-state index in [1.54, 1.807) is 0 Å². The summed E-state index contributed by atoms with van der Waals surface area (Å²) in [6, 6.07) is 0. The quantitative estimate of drug-likeness (QED) is 0.634. The van der Waals surface area contributed by atoms with Gasteiger partial charge < -0.3 is 14.9 Å². The van der Waals surface area contributed by atoms with Crippen LogP contribution in [0.3, 0.4) is 0 Å². The van der Waals surface area contributed by atoms with Crippen LogP contribution in [0, 0.1) is 5.92 Å². The summed E-state index contributed by atoms with van der Waals surface area (Å²) in [7, 11) is 0.550. The van der Waals surface area contributed by atoms with E-state index in [9.17, 15) is 9.59 Å². The second-order valence-corrected chi connectivity index (χ2v) is 5.80. The highest BCUT2D eigenvalue weighted by Gasteiger charge is 2.42. The summed E-state index contributed by atoms with van der Waals surface area (Å²) in [5.74, 6) is -3.04. The van der Waals surface area contributed by atoms with Gasteiger partial charge in [0.25, 0.3) is 0 Å². The highest BCUT2D eigenvalue weighted by atomic mass is 28.1. The van der Waals surface area contributed by atoms with Gasteiger partial charge in [0.15, 0.2) is 0 Å². The minimum atomic E-state index is -1.08. The Kier molecular flexibility index (Phi) is 3.87. The van der Waals surface area contributed by atoms with Crippen molar-refractivity contribution in [3.05, 3.63) is 0 Å². The average molecular weight is 232 g/mol. The number of aliphatic carboxylic acids is 2. The van der Waals surface area contributed by atoms with Gasteiger partial charge in [-0.2, -0.15) is 0 Å². The van der Waals surface area contributed by atoms with Crippen LogP contribution in [0.5, 0.6) is 0 Å². The molecule has 0 aromatic heterocycles. The van der Waals surface area contributed by atoms with Gasteiger partial charge in [-0.25, -0.2) is 0 Å². The van der Waals surface area contributed by atoms with Crippen molar-refractivity contribution in [2.45, 2.75) is 30.9 Å². The second-order valence-electron chi connectivity index (χ2n) is 4.11. The maximum Gasteiger partial charge on any atom is 0.309 e. The Morgan fingerprint density at radius 3 is 2.47 bits per heavy atom. The number of carboxylic acid groups (broad SMARTS) is 2. The summed E-state index contributed by atoms with van der Waals surface area (Å²) in [6.07, 6.45) is 2.18. The van der Waals surface area contributed by atoms with Gasteiger partial charge in [-0.1, -0.05) is 0 Å². The summed E-state index contributed by atoms with van der Waals surface area (Å²) in [6.45, 7) is 0.549. The molecule has 1 fully saturated rings. The van der Waals surface area contributed by atoms with Crippen LogP contribution in [0.15, 0.2) is 0 Å². The fourth-order valence-corrected chi connectivity index (χ4v) is 2.98. The molecule has 1 aliphatic rings. The molecule has 1 heterocycles. The highest BCUT2D eigenvalue weighted by molar-refractivity contribution is 6.16. The van der Waals surface area contributed by atoms with Gasteiger partial charge in [0, 0.05) is 16.8 Å². The Bertz CT molecular complexity index is 259. The average Bonchev–Trinajstić information content (AvgIpc) is 2.14. The fourth-order valence-electron chi connectivity index (χ4n) is 1.97. The van der Waals surface area contributed by atoms with Gasteiger partial charge in [0.05, 0.1) is 17.6 Å². The molecule has 0 aromatic carbocycles. The molecule has 0 radical (unpaired) electrons. The molecule has 2 unspecified atom stereocenters. The zero-order valence-electron chi connectivity index (χ0n) is 8.73. The molecule has 2 N–H and O–H groups in total. The first kappa shape index (κ1) is 12.2. The first-order valence-electron chi connectivity index (χ1n) is 5.04. The third kappa shape index (κ3) is 3.03. The zero-order chi connectivity index (χ0) is 11.5. The summed E-state index contributed by atoms with van der Waals surface area (Å²) < 4.78 is 5.51. The van der Waals surface area contributed by atoms with Gasteiger partial charge in [-0.05, 0) is 19.3 Å². The predicted octanol–water partition coefficient (Wildman–Crippen LogP) is -0.576. The molecule has 0 aromatic rings. The standard InChI is InChI=1S/C9H16O5Si/c10-7(11)5-6(8(12)13)9(15)3-1-2-4-14-9/h6H,1-5H2,15H3,(H,10,11)(H,12,13). The number of hydrogen-bond acceptors (Lipinski definition) is 3. The monoisotopic (exact) mass is 232 g/mol. The summed E-state index contributed by atoms with van der Waals surface area (Å²) in [4.78, 5) is 21.6. The second kappa shape index (κ2) is 4.76. The van der Waals surface area contributed by atoms with Crippen LogP contribution in [-0.4, -0.2) is 44.2 Å². The molecule has 1 saturated heterocycles. The van der Waals surface area contributed by atoms with E-state index in [2.05, 4.69) is 0 Å². The van der Waals surface area contributed by atoms with E-state index in [1.165, 1.54) is 0 Å². The minimum absolute atomic E-state index is 0.348. The van der Waals surface area contributed by atoms with Crippen LogP contribution in [0.25, 0.3) is 0 Å². The van der Waals surface area contributed by atoms with Crippen molar-refractivity contribution in [1.82, 2.24) is 0 Å². The van der Waals surface area contributed by atoms with Crippen molar-refractivity contribution in [2.24, 2.45) is 5.92 Å². The third-order valence-electron chi connectivity index (χ3n) is 2.91. The smallest absolute Gasteiger partial charge is 0.309 e. The van der Waals surface area contributed by atoms with Crippen LogP contribution >= 0.6 is 0 Å². The van der Waals surface area contributed by atoms with E-state index in [0.717, 1.165) is 12.8 Å². The number of ether oxygens (including phenoxy) is 1. The summed E-state index contributed by atoms with van der Waals surface area (Å²) in [5.41, 5.74) is 0. The van der Waals surface area contributed by atoms with Crippen molar-refractivity contribution in [2.75, 3.05) is 6.61 Å². The first-order valence-corrected chi connectivity index (χ1v) is 6.04. The van der Waals surface area contributed by atoms with Crippen LogP contribution in [0.2, 0.25) is 0 Å². The Hall–Kier alpha value is -0.883. The molecule has 86 valence electrons. The van der Waals surface area contributed by atoms with Crippen molar-refractivity contribution >= 4 is 22.2 Å². The molecular weight excluding hydrogens is 216 g/mol. The Morgan fingerprint density at radius 2 is 2.07 bits per heavy atom. The lowest BCUT2D eigenvalue weighted by molar-refractivity contribution is -0.159. The predicted molar refractivity (Wildman–Crippen MR) is 55.9 cm³/mol. The lowest BCUT2D eigenvalue weighted by atomic mass is 9.92. The van der Waals surface area contributed by atoms with Crippen molar-refractivity contribution in [3.8, 4) is 0 Å². The van der Waals surface area contributed by atoms with E-state index >= 15 is 0 Å². The number of carboxylic acids is 2. The number of carbonyl (C=O) groups is 2. The maximum atomic E-state index is 11.0. The molecule has 0 spiro atoms. The SMILES string of the molecule is O=C(O)CC(C(=O)O)C1([SiH3])CCCCO1. The fraction of sp³-hybridized carbons (Fsp3) is 0.778. The van der Waals surface area contributed by atoms with Crippen LogP contribution in [-0.2, 0) is 14.3 Å². The maximum absolute atomic E-state index is 11.0. The molecule has 0 aliphatic carbocycles. The van der Waals surface area contributed by atoms with Gasteiger partial charge in [0.2, 0.25) is 0 Å². The molecule has 6 heteroatoms. The van der Waals surface area contributed by atoms with Crippen molar-refractivity contribution < 1.29 is 24.5 Å². The normalized spacial score (nSPS) is 28.5. The third-order valence-corrected chi connectivity index (χ3v) is 4.40. The van der Waals surface area contributed by atoms with Gasteiger partial charge in [-0.3, -0.25) is 9.59 Å². The first-order chi connectivity index (χ1) is 6.96. The molecule has 15 heavy (non-hydrogen) atoms. The van der Waals surface area contributed by atoms with E-state index in [0.29, 0.717) is 23.3 Å². The van der Waals surface area contributed by atoms with Gasteiger partial charge >= 0.3 is 11.9 Å². The van der Waals surface area contributed by atoms with Gasteiger partial charge in [0.1, 0.15) is 0 Å². The van der Waals surface area contributed by atoms with Crippen molar-refractivity contribution in [1.29, 1.82) is 0 Å². The van der Waals surface area contributed by atoms with E-state index in [-0.39, 0.29) is 6.42 Å². The summed E-state index contributed by atoms with van der Waals surface area (Å²) in [5, 5.41) is 17.0. The number of hydrogen-bond donors (Lipinski definition) is 2. The lowest BCUT2D eigenvalue weighted by Gasteiger charge is -2.38. The van der Waals surface area contributed by atoms with E-state index in [4.69, 9.17) is 14.9 Å². The van der Waals surface area contributed by atoms with Crippen molar-refractivity contribution in [3.63, 3.8) is 0 Å². The zero-order valence-corrected chi connectivity index (χ0v) is 10.7. The van der Waals surface area contributed by atoms with Crippen LogP contribution in [0.4, 0.5) is 0 Å². The topological polar surface area (TPSA) is 83.8 Å². The molecule has 0 saturated carbocycles.